The Balaban J connectivity index is 2.34. The highest BCUT2D eigenvalue weighted by atomic mass is 79.9. The number of hydrogen-bond acceptors (Lipinski definition) is 7. The van der Waals surface area contributed by atoms with Crippen molar-refractivity contribution >= 4 is 39.9 Å². The van der Waals surface area contributed by atoms with Crippen molar-refractivity contribution < 1.29 is 38.4 Å². The topological polar surface area (TPSA) is 108 Å². The molecule has 2 aromatic carbocycles. The second kappa shape index (κ2) is 11.2. The summed E-state index contributed by atoms with van der Waals surface area (Å²) in [5.74, 6) is -1.86. The van der Waals surface area contributed by atoms with Crippen molar-refractivity contribution in [3.8, 4) is 11.5 Å². The zero-order valence-electron chi connectivity index (χ0n) is 17.1. The van der Waals surface area contributed by atoms with Crippen LogP contribution in [0, 0.1) is 0 Å². The van der Waals surface area contributed by atoms with Crippen LogP contribution >= 0.6 is 15.9 Å². The van der Waals surface area contributed by atoms with Crippen molar-refractivity contribution in [3.63, 3.8) is 0 Å². The van der Waals surface area contributed by atoms with Crippen LogP contribution in [0.15, 0.2) is 46.4 Å². The first-order valence-corrected chi connectivity index (χ1v) is 9.89. The number of carboxylic acid groups (broad SMARTS) is 1. The number of carboxylic acids is 1. The Kier molecular flexibility index (Phi) is 8.63. The molecule has 9 heteroatoms. The van der Waals surface area contributed by atoms with Crippen LogP contribution in [0.5, 0.6) is 11.5 Å². The van der Waals surface area contributed by atoms with Gasteiger partial charge in [0.2, 0.25) is 0 Å². The zero-order valence-corrected chi connectivity index (χ0v) is 18.7. The fourth-order valence-electron chi connectivity index (χ4n) is 2.56. The summed E-state index contributed by atoms with van der Waals surface area (Å²) in [7, 11) is 2.33. The minimum Gasteiger partial charge on any atom is -0.490 e. The van der Waals surface area contributed by atoms with Crippen LogP contribution in [0.4, 0.5) is 0 Å². The van der Waals surface area contributed by atoms with E-state index in [0.717, 1.165) is 5.56 Å². The van der Waals surface area contributed by atoms with Gasteiger partial charge in [0.1, 0.15) is 12.2 Å². The molecule has 2 aromatic rings. The van der Waals surface area contributed by atoms with Crippen LogP contribution in [0.2, 0.25) is 0 Å². The van der Waals surface area contributed by atoms with Crippen LogP contribution in [0.1, 0.15) is 28.4 Å². The van der Waals surface area contributed by atoms with Gasteiger partial charge in [-0.1, -0.05) is 12.1 Å². The van der Waals surface area contributed by atoms with Gasteiger partial charge in [-0.25, -0.2) is 14.4 Å². The molecule has 8 nitrogen and oxygen atoms in total. The molecule has 1 N–H and O–H groups in total. The van der Waals surface area contributed by atoms with Gasteiger partial charge in [0.15, 0.2) is 11.5 Å². The van der Waals surface area contributed by atoms with E-state index in [-0.39, 0.29) is 17.7 Å². The minimum atomic E-state index is -1.00. The predicted octanol–water partition coefficient (Wildman–Crippen LogP) is 3.85. The van der Waals surface area contributed by atoms with E-state index in [9.17, 15) is 14.4 Å². The lowest BCUT2D eigenvalue weighted by Crippen LogP contribution is -2.15. The van der Waals surface area contributed by atoms with Crippen molar-refractivity contribution in [1.29, 1.82) is 0 Å². The summed E-state index contributed by atoms with van der Waals surface area (Å²) in [6.45, 7) is 2.33. The van der Waals surface area contributed by atoms with Crippen LogP contribution in [0.3, 0.4) is 0 Å². The summed E-state index contributed by atoms with van der Waals surface area (Å²) in [6.07, 6.45) is 1.33. The number of halogens is 1. The molecular formula is C22H21BrO8. The first-order chi connectivity index (χ1) is 14.8. The maximum atomic E-state index is 11.9. The molecular weight excluding hydrogens is 472 g/mol. The Hall–Kier alpha value is -3.33. The molecule has 31 heavy (non-hydrogen) atoms. The van der Waals surface area contributed by atoms with Gasteiger partial charge in [-0.15, -0.1) is 0 Å². The van der Waals surface area contributed by atoms with Gasteiger partial charge in [0.05, 0.1) is 30.9 Å². The number of rotatable bonds is 9. The van der Waals surface area contributed by atoms with Crippen molar-refractivity contribution in [2.24, 2.45) is 0 Å². The standard InChI is InChI=1S/C22H21BrO8/c1-4-30-18-11-14(9-16(21(26)28-2)22(27)29-3)10-17(23)19(18)31-12-13-5-7-15(8-6-13)20(24)25/h5-11H,4,12H2,1-3H3,(H,24,25). The van der Waals surface area contributed by atoms with Gasteiger partial charge in [0, 0.05) is 0 Å². The predicted molar refractivity (Wildman–Crippen MR) is 115 cm³/mol. The van der Waals surface area contributed by atoms with E-state index >= 15 is 0 Å². The Morgan fingerprint density at radius 3 is 2.13 bits per heavy atom. The van der Waals surface area contributed by atoms with Gasteiger partial charge in [0.25, 0.3) is 0 Å². The molecule has 0 aliphatic heterocycles. The van der Waals surface area contributed by atoms with Crippen molar-refractivity contribution in [1.82, 2.24) is 0 Å². The number of hydrogen-bond donors (Lipinski definition) is 1. The Labute approximate surface area is 187 Å². The first kappa shape index (κ1) is 23.9. The lowest BCUT2D eigenvalue weighted by Gasteiger charge is -2.15. The van der Waals surface area contributed by atoms with E-state index in [1.807, 2.05) is 0 Å². The zero-order chi connectivity index (χ0) is 23.0. The Bertz CT molecular complexity index is 977. The molecule has 2 rings (SSSR count). The first-order valence-electron chi connectivity index (χ1n) is 9.10. The van der Waals surface area contributed by atoms with E-state index < -0.39 is 17.9 Å². The lowest BCUT2D eigenvalue weighted by molar-refractivity contribution is -0.143. The highest BCUT2D eigenvalue weighted by Crippen LogP contribution is 2.38. The number of ether oxygens (including phenoxy) is 4. The highest BCUT2D eigenvalue weighted by molar-refractivity contribution is 9.10. The molecule has 0 radical (unpaired) electrons. The van der Waals surface area contributed by atoms with E-state index in [4.69, 9.17) is 14.6 Å². The molecule has 0 fully saturated rings. The molecule has 0 aromatic heterocycles. The lowest BCUT2D eigenvalue weighted by atomic mass is 10.1. The van der Waals surface area contributed by atoms with Gasteiger partial charge in [-0.05, 0) is 64.3 Å². The van der Waals surface area contributed by atoms with Gasteiger partial charge < -0.3 is 24.1 Å². The second-order valence-corrected chi connectivity index (χ2v) is 6.95. The molecule has 0 aliphatic rings. The molecule has 0 saturated heterocycles. The summed E-state index contributed by atoms with van der Waals surface area (Å²) in [4.78, 5) is 34.8. The molecule has 164 valence electrons. The number of carbonyl (C=O) groups is 3. The van der Waals surface area contributed by atoms with E-state index in [2.05, 4.69) is 25.4 Å². The maximum absolute atomic E-state index is 11.9. The van der Waals surface area contributed by atoms with Gasteiger partial charge in [-0.3, -0.25) is 0 Å². The third kappa shape index (κ3) is 6.32. The number of esters is 2. The van der Waals surface area contributed by atoms with Crippen LogP contribution in [0.25, 0.3) is 6.08 Å². The third-order valence-corrected chi connectivity index (χ3v) is 4.63. The average molecular weight is 493 g/mol. The molecule has 0 bridgehead atoms. The smallest absolute Gasteiger partial charge is 0.345 e. The third-order valence-electron chi connectivity index (χ3n) is 4.04. The quantitative estimate of drug-likeness (QED) is 0.243. The molecule has 0 saturated carbocycles. The number of carbonyl (C=O) groups excluding carboxylic acids is 2. The molecule has 0 amide bonds. The van der Waals surface area contributed by atoms with Crippen LogP contribution in [-0.4, -0.2) is 43.8 Å². The second-order valence-electron chi connectivity index (χ2n) is 6.09. The monoisotopic (exact) mass is 492 g/mol. The summed E-state index contributed by atoms with van der Waals surface area (Å²) < 4.78 is 21.3. The normalized spacial score (nSPS) is 10.1. The SMILES string of the molecule is CCOc1cc(C=C(C(=O)OC)C(=O)OC)cc(Br)c1OCc1ccc(C(=O)O)cc1. The number of methoxy groups -OCH3 is 2. The Morgan fingerprint density at radius 1 is 1.00 bits per heavy atom. The molecule has 0 heterocycles. The molecule has 0 aliphatic carbocycles. The highest BCUT2D eigenvalue weighted by Gasteiger charge is 2.21. The van der Waals surface area contributed by atoms with Crippen molar-refractivity contribution in [2.75, 3.05) is 20.8 Å². The van der Waals surface area contributed by atoms with Crippen LogP contribution < -0.4 is 9.47 Å². The van der Waals surface area contributed by atoms with E-state index in [1.54, 1.807) is 31.2 Å². The van der Waals surface area contributed by atoms with Crippen molar-refractivity contribution in [3.05, 3.63) is 63.1 Å². The average Bonchev–Trinajstić information content (AvgIpc) is 2.76. The fraction of sp³-hybridized carbons (Fsp3) is 0.227. The molecule has 0 spiro atoms. The van der Waals surface area contributed by atoms with E-state index in [0.29, 0.717) is 28.1 Å². The maximum Gasteiger partial charge on any atom is 0.345 e. The van der Waals surface area contributed by atoms with Gasteiger partial charge in [-0.2, -0.15) is 0 Å². The van der Waals surface area contributed by atoms with E-state index in [1.165, 1.54) is 32.4 Å². The number of aromatic carboxylic acids is 1. The summed E-state index contributed by atoms with van der Waals surface area (Å²) in [5, 5.41) is 8.99. The summed E-state index contributed by atoms with van der Waals surface area (Å²) in [5.41, 5.74) is 1.16. The largest absolute Gasteiger partial charge is 0.490 e. The van der Waals surface area contributed by atoms with Gasteiger partial charge >= 0.3 is 17.9 Å². The fourth-order valence-corrected chi connectivity index (χ4v) is 3.14. The van der Waals surface area contributed by atoms with Crippen LogP contribution in [-0.2, 0) is 25.7 Å². The Morgan fingerprint density at radius 2 is 1.61 bits per heavy atom. The summed E-state index contributed by atoms with van der Waals surface area (Å²) in [6, 6.07) is 9.57. The minimum absolute atomic E-state index is 0.170. The molecule has 0 atom stereocenters. The molecule has 0 unspecified atom stereocenters. The number of benzene rings is 2. The summed E-state index contributed by atoms with van der Waals surface area (Å²) >= 11 is 3.43. The van der Waals surface area contributed by atoms with Crippen molar-refractivity contribution in [2.45, 2.75) is 13.5 Å².